The Morgan fingerprint density at radius 3 is 2.36 bits per heavy atom. The maximum atomic E-state index is 6.30. The number of nitrogens with zero attached hydrogens (tertiary/aromatic N) is 6. The van der Waals surface area contributed by atoms with E-state index < -0.39 is 0 Å². The number of nitrogens with two attached hydrogens (primary N) is 1. The third-order valence-electron chi connectivity index (χ3n) is 6.21. The molecule has 8 nitrogen and oxygen atoms in total. The first-order chi connectivity index (χ1) is 15.6. The van der Waals surface area contributed by atoms with Crippen LogP contribution in [0.25, 0.3) is 33.6 Å². The fourth-order valence-electron chi connectivity index (χ4n) is 4.38. The van der Waals surface area contributed by atoms with Crippen molar-refractivity contribution in [2.75, 3.05) is 11.9 Å². The van der Waals surface area contributed by atoms with Crippen LogP contribution in [0.4, 0.5) is 5.82 Å². The average Bonchev–Trinajstić information content (AvgIpc) is 3.54. The molecule has 33 heavy (non-hydrogen) atoms. The van der Waals surface area contributed by atoms with Gasteiger partial charge in [0.25, 0.3) is 0 Å². The maximum Gasteiger partial charge on any atom is 0.161 e. The average molecular weight is 465 g/mol. The summed E-state index contributed by atoms with van der Waals surface area (Å²) >= 11 is 0. The summed E-state index contributed by atoms with van der Waals surface area (Å²) in [5.74, 6) is 1.96. The molecule has 9 heteroatoms. The molecular weight excluding hydrogens is 436 g/mol. The van der Waals surface area contributed by atoms with Gasteiger partial charge in [-0.25, -0.2) is 9.97 Å². The van der Waals surface area contributed by atoms with Gasteiger partial charge in [-0.15, -0.1) is 12.4 Å². The molecule has 0 bridgehead atoms. The van der Waals surface area contributed by atoms with Crippen LogP contribution in [0.3, 0.4) is 0 Å². The zero-order chi connectivity index (χ0) is 22.1. The first kappa shape index (κ1) is 22.9. The van der Waals surface area contributed by atoms with Gasteiger partial charge in [-0.2, -0.15) is 10.2 Å². The van der Waals surface area contributed by atoms with Crippen LogP contribution in [0, 0.1) is 5.92 Å². The zero-order valence-corrected chi connectivity index (χ0v) is 19.7. The van der Waals surface area contributed by atoms with Crippen LogP contribution < -0.4 is 11.1 Å². The lowest BCUT2D eigenvalue weighted by Crippen LogP contribution is -2.30. The summed E-state index contributed by atoms with van der Waals surface area (Å²) in [5.41, 5.74) is 11.3. The predicted molar refractivity (Wildman–Crippen MR) is 133 cm³/mol. The highest BCUT2D eigenvalue weighted by Crippen LogP contribution is 2.31. The molecule has 0 spiro atoms. The minimum Gasteiger partial charge on any atom is -0.369 e. The van der Waals surface area contributed by atoms with E-state index in [-0.39, 0.29) is 18.4 Å². The van der Waals surface area contributed by atoms with E-state index in [1.807, 2.05) is 57.2 Å². The van der Waals surface area contributed by atoms with Crippen LogP contribution in [0.2, 0.25) is 0 Å². The lowest BCUT2D eigenvalue weighted by molar-refractivity contribution is 0.504. The highest BCUT2D eigenvalue weighted by atomic mass is 35.5. The van der Waals surface area contributed by atoms with Crippen molar-refractivity contribution >= 4 is 18.2 Å². The van der Waals surface area contributed by atoms with Crippen molar-refractivity contribution < 1.29 is 0 Å². The molecule has 4 aromatic rings. The van der Waals surface area contributed by atoms with Crippen molar-refractivity contribution in [3.05, 3.63) is 55.2 Å². The second-order valence-electron chi connectivity index (χ2n) is 8.58. The standard InChI is InChI=1S/C24H28N8.ClH/c1-31-14-19(11-28-31)16-5-3-6-17(9-16)23-27-13-21(20-12-29-32(2)15-20)24(30-23)26-10-18-7-4-8-22(18)25;/h3,5-6,9,11-15,18,22H,4,7-8,10,25H2,1-2H3,(H,26,27,30);1H. The number of nitrogens with one attached hydrogen (secondary N) is 1. The summed E-state index contributed by atoms with van der Waals surface area (Å²) < 4.78 is 3.59. The maximum absolute atomic E-state index is 6.30. The van der Waals surface area contributed by atoms with Crippen LogP contribution >= 0.6 is 12.4 Å². The van der Waals surface area contributed by atoms with Gasteiger partial charge in [-0.1, -0.05) is 24.6 Å². The van der Waals surface area contributed by atoms with Gasteiger partial charge in [0.05, 0.1) is 12.4 Å². The van der Waals surface area contributed by atoms with E-state index in [9.17, 15) is 0 Å². The minimum atomic E-state index is 0. The van der Waals surface area contributed by atoms with Crippen molar-refractivity contribution in [2.45, 2.75) is 25.3 Å². The molecule has 3 N–H and O–H groups in total. The molecule has 1 aliphatic carbocycles. The smallest absolute Gasteiger partial charge is 0.161 e. The fraction of sp³-hybridized carbons (Fsp3) is 0.333. The Morgan fingerprint density at radius 1 is 0.970 bits per heavy atom. The van der Waals surface area contributed by atoms with Crippen molar-refractivity contribution in [1.82, 2.24) is 29.5 Å². The molecule has 3 heterocycles. The Bertz CT molecular complexity index is 1230. The molecule has 1 aliphatic rings. The molecule has 2 unspecified atom stereocenters. The number of benzene rings is 1. The first-order valence-corrected chi connectivity index (χ1v) is 11.0. The van der Waals surface area contributed by atoms with Crippen LogP contribution in [-0.2, 0) is 14.1 Å². The Labute approximate surface area is 199 Å². The topological polar surface area (TPSA) is 99.5 Å². The molecule has 2 atom stereocenters. The summed E-state index contributed by atoms with van der Waals surface area (Å²) in [5, 5.41) is 12.2. The van der Waals surface area contributed by atoms with Gasteiger partial charge < -0.3 is 11.1 Å². The van der Waals surface area contributed by atoms with E-state index in [0.717, 1.165) is 53.0 Å². The number of aryl methyl sites for hydroxylation is 2. The molecule has 1 fully saturated rings. The monoisotopic (exact) mass is 464 g/mol. The lowest BCUT2D eigenvalue weighted by atomic mass is 10.0. The fourth-order valence-corrected chi connectivity index (χ4v) is 4.38. The van der Waals surface area contributed by atoms with Gasteiger partial charge in [0.15, 0.2) is 5.82 Å². The van der Waals surface area contributed by atoms with E-state index in [2.05, 4.69) is 27.6 Å². The second-order valence-corrected chi connectivity index (χ2v) is 8.58. The SMILES string of the molecule is Cl.Cn1cc(-c2cccc(-c3ncc(-c4cnn(C)c4)c(NCC4CCCC4N)n3)c2)cn1. The Hall–Kier alpha value is -3.23. The Kier molecular flexibility index (Phi) is 6.76. The van der Waals surface area contributed by atoms with Gasteiger partial charge in [0, 0.05) is 67.5 Å². The molecule has 1 aromatic carbocycles. The summed E-state index contributed by atoms with van der Waals surface area (Å²) in [6.07, 6.45) is 13.0. The third-order valence-corrected chi connectivity index (χ3v) is 6.21. The van der Waals surface area contributed by atoms with Crippen molar-refractivity contribution in [3.8, 4) is 33.6 Å². The number of anilines is 1. The van der Waals surface area contributed by atoms with Gasteiger partial charge in [0.2, 0.25) is 0 Å². The molecule has 172 valence electrons. The van der Waals surface area contributed by atoms with Crippen LogP contribution in [0.5, 0.6) is 0 Å². The van der Waals surface area contributed by atoms with Gasteiger partial charge in [-0.3, -0.25) is 9.36 Å². The number of aromatic nitrogens is 6. The largest absolute Gasteiger partial charge is 0.369 e. The molecular formula is C24H29ClN8. The molecule has 3 aromatic heterocycles. The third kappa shape index (κ3) is 4.91. The minimum absolute atomic E-state index is 0. The quantitative estimate of drug-likeness (QED) is 0.449. The molecule has 0 radical (unpaired) electrons. The summed E-state index contributed by atoms with van der Waals surface area (Å²) in [7, 11) is 3.83. The van der Waals surface area contributed by atoms with E-state index in [4.69, 9.17) is 15.7 Å². The van der Waals surface area contributed by atoms with E-state index in [0.29, 0.717) is 11.7 Å². The molecule has 1 saturated carbocycles. The van der Waals surface area contributed by atoms with Gasteiger partial charge in [-0.05, 0) is 30.4 Å². The number of rotatable bonds is 6. The Balaban J connectivity index is 0.00000259. The summed E-state index contributed by atoms with van der Waals surface area (Å²) in [6.45, 7) is 0.806. The normalized spacial score (nSPS) is 17.7. The van der Waals surface area contributed by atoms with E-state index >= 15 is 0 Å². The predicted octanol–water partition coefficient (Wildman–Crippen LogP) is 3.91. The zero-order valence-electron chi connectivity index (χ0n) is 18.8. The van der Waals surface area contributed by atoms with Crippen molar-refractivity contribution in [3.63, 3.8) is 0 Å². The van der Waals surface area contributed by atoms with Crippen LogP contribution in [-0.4, -0.2) is 42.1 Å². The molecule has 0 amide bonds. The van der Waals surface area contributed by atoms with E-state index in [1.54, 1.807) is 9.36 Å². The second kappa shape index (κ2) is 9.72. The van der Waals surface area contributed by atoms with Crippen LogP contribution in [0.15, 0.2) is 55.2 Å². The summed E-state index contributed by atoms with van der Waals surface area (Å²) in [4.78, 5) is 9.63. The number of halogens is 1. The highest BCUT2D eigenvalue weighted by molar-refractivity contribution is 5.85. The van der Waals surface area contributed by atoms with E-state index in [1.165, 1.54) is 6.42 Å². The van der Waals surface area contributed by atoms with Gasteiger partial charge in [0.1, 0.15) is 5.82 Å². The molecule has 0 saturated heterocycles. The van der Waals surface area contributed by atoms with Crippen molar-refractivity contribution in [2.24, 2.45) is 25.7 Å². The molecule has 0 aliphatic heterocycles. The van der Waals surface area contributed by atoms with Crippen LogP contribution in [0.1, 0.15) is 19.3 Å². The lowest BCUT2D eigenvalue weighted by Gasteiger charge is -2.18. The van der Waals surface area contributed by atoms with Gasteiger partial charge >= 0.3 is 0 Å². The molecule has 5 rings (SSSR count). The van der Waals surface area contributed by atoms with Crippen molar-refractivity contribution in [1.29, 1.82) is 0 Å². The Morgan fingerprint density at radius 2 is 1.70 bits per heavy atom. The number of hydrogen-bond acceptors (Lipinski definition) is 6. The number of hydrogen-bond donors (Lipinski definition) is 2. The highest BCUT2D eigenvalue weighted by Gasteiger charge is 2.24. The summed E-state index contributed by atoms with van der Waals surface area (Å²) in [6, 6.07) is 8.50. The first-order valence-electron chi connectivity index (χ1n) is 11.0.